The third-order valence-corrected chi connectivity index (χ3v) is 1.63. The first kappa shape index (κ1) is 11.4. The van der Waals surface area contributed by atoms with Crippen LogP contribution in [-0.2, 0) is 0 Å². The van der Waals surface area contributed by atoms with Crippen molar-refractivity contribution in [2.24, 2.45) is 0 Å². The van der Waals surface area contributed by atoms with Gasteiger partial charge in [0.05, 0.1) is 12.9 Å². The van der Waals surface area contributed by atoms with Crippen LogP contribution in [0.4, 0.5) is 20.3 Å². The fraction of sp³-hybridized carbons (Fsp3) is 0.429. The molecule has 8 heteroatoms. The van der Waals surface area contributed by atoms with Crippen LogP contribution in [0.2, 0.25) is 0 Å². The molecule has 0 radical (unpaired) electrons. The molecule has 6 nitrogen and oxygen atoms in total. The predicted molar refractivity (Wildman–Crippen MR) is 49.8 cm³/mol. The Morgan fingerprint density at radius 2 is 2.33 bits per heavy atom. The van der Waals surface area contributed by atoms with E-state index >= 15 is 0 Å². The van der Waals surface area contributed by atoms with Crippen molar-refractivity contribution in [3.05, 3.63) is 16.7 Å². The van der Waals surface area contributed by atoms with E-state index in [0.717, 1.165) is 6.33 Å². The lowest BCUT2D eigenvalue weighted by molar-refractivity contribution is -0.0373. The quantitative estimate of drug-likeness (QED) is 0.542. The summed E-state index contributed by atoms with van der Waals surface area (Å²) in [6.45, 7) is -2.13. The molecule has 0 spiro atoms. The summed E-state index contributed by atoms with van der Waals surface area (Å²) in [5.74, 6) is -3.41. The Labute approximate surface area is 83.1 Å². The van der Waals surface area contributed by atoms with Gasteiger partial charge in [0.2, 0.25) is 0 Å². The van der Waals surface area contributed by atoms with Crippen LogP contribution in [0.1, 0.15) is 0 Å². The maximum absolute atomic E-state index is 12.6. The van der Waals surface area contributed by atoms with Crippen molar-refractivity contribution in [2.75, 3.05) is 24.2 Å². The first-order valence-corrected chi connectivity index (χ1v) is 4.02. The van der Waals surface area contributed by atoms with Gasteiger partial charge < -0.3 is 21.1 Å². The number of nitrogens with zero attached hydrogens (tertiary/aromatic N) is 1. The topological polar surface area (TPSA) is 104 Å². The van der Waals surface area contributed by atoms with Gasteiger partial charge in [-0.25, -0.2) is 13.8 Å². The lowest BCUT2D eigenvalue weighted by Gasteiger charge is -2.14. The summed E-state index contributed by atoms with van der Waals surface area (Å²) >= 11 is 0. The van der Waals surface area contributed by atoms with Gasteiger partial charge in [-0.15, -0.1) is 0 Å². The highest BCUT2D eigenvalue weighted by Crippen LogP contribution is 2.14. The molecule has 0 fully saturated rings. The van der Waals surface area contributed by atoms with Gasteiger partial charge in [-0.05, 0) is 0 Å². The zero-order chi connectivity index (χ0) is 11.5. The van der Waals surface area contributed by atoms with Gasteiger partial charge in [0.15, 0.2) is 5.82 Å². The van der Waals surface area contributed by atoms with Crippen LogP contribution in [0, 0.1) is 0 Å². The highest BCUT2D eigenvalue weighted by atomic mass is 19.3. The number of nitrogens with one attached hydrogen (secondary N) is 2. The second-order valence-corrected chi connectivity index (χ2v) is 2.86. The summed E-state index contributed by atoms with van der Waals surface area (Å²) in [4.78, 5) is 16.7. The molecule has 0 aliphatic heterocycles. The van der Waals surface area contributed by atoms with Crippen LogP contribution in [0.15, 0.2) is 11.1 Å². The van der Waals surface area contributed by atoms with Crippen LogP contribution in [0.25, 0.3) is 0 Å². The Morgan fingerprint density at radius 1 is 1.67 bits per heavy atom. The molecular weight excluding hydrogens is 210 g/mol. The molecule has 0 saturated carbocycles. The van der Waals surface area contributed by atoms with Crippen LogP contribution in [0.5, 0.6) is 0 Å². The SMILES string of the molecule is Nc1c(NCC(F)(F)CO)nc[nH]c1=O. The molecule has 84 valence electrons. The number of nitrogen functional groups attached to an aromatic ring is 1. The smallest absolute Gasteiger partial charge is 0.287 e. The molecule has 0 aromatic carbocycles. The number of halogens is 2. The molecule has 5 N–H and O–H groups in total. The van der Waals surface area contributed by atoms with Gasteiger partial charge in [0.1, 0.15) is 12.3 Å². The fourth-order valence-electron chi connectivity index (χ4n) is 0.820. The largest absolute Gasteiger partial charge is 0.391 e. The van der Waals surface area contributed by atoms with Crippen molar-refractivity contribution in [2.45, 2.75) is 5.92 Å². The van der Waals surface area contributed by atoms with Gasteiger partial charge in [-0.1, -0.05) is 0 Å². The summed E-state index contributed by atoms with van der Waals surface area (Å²) in [5, 5.41) is 10.5. The Morgan fingerprint density at radius 3 is 2.93 bits per heavy atom. The highest BCUT2D eigenvalue weighted by molar-refractivity contribution is 5.58. The van der Waals surface area contributed by atoms with E-state index in [2.05, 4.69) is 15.3 Å². The number of alkyl halides is 2. The number of nitrogens with two attached hydrogens (primary N) is 1. The standard InChI is InChI=1S/C7H10F2N4O2/c8-7(9,2-14)1-11-5-4(10)6(15)13-3-12-5/h3,14H,1-2,10H2,(H2,11,12,13,15). The molecule has 0 amide bonds. The van der Waals surface area contributed by atoms with Crippen LogP contribution in [-0.4, -0.2) is 34.1 Å². The van der Waals surface area contributed by atoms with Crippen molar-refractivity contribution in [1.82, 2.24) is 9.97 Å². The Balaban J connectivity index is 2.74. The van der Waals surface area contributed by atoms with Crippen molar-refractivity contribution in [3.63, 3.8) is 0 Å². The highest BCUT2D eigenvalue weighted by Gasteiger charge is 2.27. The first-order chi connectivity index (χ1) is 6.96. The molecule has 0 bridgehead atoms. The van der Waals surface area contributed by atoms with E-state index in [1.165, 1.54) is 0 Å². The van der Waals surface area contributed by atoms with Gasteiger partial charge in [-0.2, -0.15) is 0 Å². The van der Waals surface area contributed by atoms with E-state index in [-0.39, 0.29) is 11.5 Å². The zero-order valence-electron chi connectivity index (χ0n) is 7.63. The van der Waals surface area contributed by atoms with Gasteiger partial charge in [0.25, 0.3) is 11.5 Å². The molecule has 15 heavy (non-hydrogen) atoms. The average Bonchev–Trinajstić information content (AvgIpc) is 2.20. The van der Waals surface area contributed by atoms with E-state index in [1.54, 1.807) is 0 Å². The van der Waals surface area contributed by atoms with Crippen LogP contribution >= 0.6 is 0 Å². The molecule has 1 aromatic heterocycles. The van der Waals surface area contributed by atoms with Crippen LogP contribution < -0.4 is 16.6 Å². The number of aliphatic hydroxyl groups excluding tert-OH is 1. The number of H-pyrrole nitrogens is 1. The lowest BCUT2D eigenvalue weighted by Crippen LogP contribution is -2.32. The Hall–Kier alpha value is -1.70. The van der Waals surface area contributed by atoms with Gasteiger partial charge in [0, 0.05) is 0 Å². The number of aromatic nitrogens is 2. The number of hydrogen-bond acceptors (Lipinski definition) is 5. The summed E-state index contributed by atoms with van der Waals surface area (Å²) in [6.07, 6.45) is 1.04. The van der Waals surface area contributed by atoms with E-state index < -0.39 is 24.6 Å². The Kier molecular flexibility index (Phi) is 3.20. The molecular formula is C7H10F2N4O2. The minimum atomic E-state index is -3.28. The molecule has 1 aromatic rings. The number of aromatic amines is 1. The van der Waals surface area contributed by atoms with Crippen molar-refractivity contribution in [3.8, 4) is 0 Å². The van der Waals surface area contributed by atoms with Gasteiger partial charge >= 0.3 is 0 Å². The molecule has 0 saturated heterocycles. The maximum atomic E-state index is 12.6. The van der Waals surface area contributed by atoms with Crippen molar-refractivity contribution in [1.29, 1.82) is 0 Å². The fourth-order valence-corrected chi connectivity index (χ4v) is 0.820. The number of hydrogen-bond donors (Lipinski definition) is 4. The van der Waals surface area contributed by atoms with E-state index in [9.17, 15) is 13.6 Å². The average molecular weight is 220 g/mol. The third-order valence-electron chi connectivity index (χ3n) is 1.63. The van der Waals surface area contributed by atoms with E-state index in [1.807, 2.05) is 0 Å². The lowest BCUT2D eigenvalue weighted by atomic mass is 10.3. The first-order valence-electron chi connectivity index (χ1n) is 4.02. The van der Waals surface area contributed by atoms with Crippen molar-refractivity contribution >= 4 is 11.5 Å². The minimum Gasteiger partial charge on any atom is -0.391 e. The van der Waals surface area contributed by atoms with E-state index in [0.29, 0.717) is 0 Å². The molecule has 0 atom stereocenters. The normalized spacial score (nSPS) is 11.4. The summed E-state index contributed by atoms with van der Waals surface area (Å²) in [7, 11) is 0. The predicted octanol–water partition coefficient (Wildman–Crippen LogP) is -0.608. The van der Waals surface area contributed by atoms with Crippen molar-refractivity contribution < 1.29 is 13.9 Å². The zero-order valence-corrected chi connectivity index (χ0v) is 7.63. The van der Waals surface area contributed by atoms with E-state index in [4.69, 9.17) is 10.8 Å². The monoisotopic (exact) mass is 220 g/mol. The second-order valence-electron chi connectivity index (χ2n) is 2.86. The molecule has 1 rings (SSSR count). The Bertz CT molecular complexity index is 393. The second kappa shape index (κ2) is 4.22. The number of anilines is 2. The molecule has 0 aliphatic carbocycles. The third kappa shape index (κ3) is 2.88. The summed E-state index contributed by atoms with van der Waals surface area (Å²) < 4.78 is 25.2. The molecule has 0 unspecified atom stereocenters. The van der Waals surface area contributed by atoms with Gasteiger partial charge in [-0.3, -0.25) is 4.79 Å². The summed E-state index contributed by atoms with van der Waals surface area (Å²) in [5.41, 5.74) is 4.39. The minimum absolute atomic E-state index is 0.133. The maximum Gasteiger partial charge on any atom is 0.287 e. The summed E-state index contributed by atoms with van der Waals surface area (Å²) in [6, 6.07) is 0. The number of aliphatic hydroxyl groups is 1. The molecule has 1 heterocycles. The van der Waals surface area contributed by atoms with Crippen LogP contribution in [0.3, 0.4) is 0 Å². The number of rotatable bonds is 4. The molecule has 0 aliphatic rings.